The molecule has 4 heteroatoms. The van der Waals surface area contributed by atoms with Crippen molar-refractivity contribution in [1.29, 1.82) is 0 Å². The van der Waals surface area contributed by atoms with E-state index in [1.54, 1.807) is 0 Å². The van der Waals surface area contributed by atoms with E-state index in [2.05, 4.69) is 27.5 Å². The number of halogens is 1. The Morgan fingerprint density at radius 3 is 2.75 bits per heavy atom. The number of hydrogen-bond acceptors (Lipinski definition) is 3. The van der Waals surface area contributed by atoms with Crippen molar-refractivity contribution in [3.05, 3.63) is 0 Å². The fourth-order valence-corrected chi connectivity index (χ4v) is 2.55. The van der Waals surface area contributed by atoms with Crippen molar-refractivity contribution in [1.82, 2.24) is 4.90 Å². The Morgan fingerprint density at radius 2 is 2.08 bits per heavy atom. The Labute approximate surface area is 86.5 Å². The summed E-state index contributed by atoms with van der Waals surface area (Å²) in [5.41, 5.74) is 0. The lowest BCUT2D eigenvalue weighted by Crippen LogP contribution is -2.34. The molecule has 0 aromatic heterocycles. The van der Waals surface area contributed by atoms with Gasteiger partial charge in [0.2, 0.25) is 0 Å². The van der Waals surface area contributed by atoms with Crippen LogP contribution in [0.4, 0.5) is 0 Å². The van der Waals surface area contributed by atoms with E-state index in [0.717, 1.165) is 39.3 Å². The van der Waals surface area contributed by atoms with Gasteiger partial charge in [-0.1, -0.05) is 22.6 Å². The molecule has 2 saturated heterocycles. The third-order valence-electron chi connectivity index (χ3n) is 2.49. The van der Waals surface area contributed by atoms with Gasteiger partial charge in [-0.25, -0.2) is 0 Å². The third-order valence-corrected chi connectivity index (χ3v) is 2.97. The Balaban J connectivity index is 1.88. The molecule has 2 aliphatic heterocycles. The van der Waals surface area contributed by atoms with Crippen molar-refractivity contribution in [2.24, 2.45) is 0 Å². The SMILES string of the molecule is ICCN1CCC2(C1)OCCO2. The summed E-state index contributed by atoms with van der Waals surface area (Å²) in [6, 6.07) is 0. The molecule has 0 unspecified atom stereocenters. The van der Waals surface area contributed by atoms with Crippen LogP contribution in [0.1, 0.15) is 6.42 Å². The molecule has 0 bridgehead atoms. The monoisotopic (exact) mass is 283 g/mol. The number of hydrogen-bond donors (Lipinski definition) is 0. The Kier molecular flexibility index (Phi) is 2.89. The van der Waals surface area contributed by atoms with Crippen molar-refractivity contribution in [2.45, 2.75) is 12.2 Å². The van der Waals surface area contributed by atoms with Crippen molar-refractivity contribution in [3.63, 3.8) is 0 Å². The lowest BCUT2D eigenvalue weighted by molar-refractivity contribution is -0.144. The summed E-state index contributed by atoms with van der Waals surface area (Å²) in [6.45, 7) is 4.81. The summed E-state index contributed by atoms with van der Waals surface area (Å²) in [4.78, 5) is 2.41. The average Bonchev–Trinajstić information content (AvgIpc) is 2.65. The lowest BCUT2D eigenvalue weighted by atomic mass is 10.2. The Bertz CT molecular complexity index is 159. The summed E-state index contributed by atoms with van der Waals surface area (Å²) in [7, 11) is 0. The van der Waals surface area contributed by atoms with Gasteiger partial charge >= 0.3 is 0 Å². The largest absolute Gasteiger partial charge is 0.346 e. The summed E-state index contributed by atoms with van der Waals surface area (Å²) in [6.07, 6.45) is 1.05. The maximum absolute atomic E-state index is 5.61. The molecule has 2 rings (SSSR count). The zero-order valence-corrected chi connectivity index (χ0v) is 9.25. The van der Waals surface area contributed by atoms with Crippen LogP contribution < -0.4 is 0 Å². The van der Waals surface area contributed by atoms with E-state index in [-0.39, 0.29) is 5.79 Å². The van der Waals surface area contributed by atoms with E-state index in [0.29, 0.717) is 0 Å². The van der Waals surface area contributed by atoms with Gasteiger partial charge < -0.3 is 9.47 Å². The van der Waals surface area contributed by atoms with Crippen molar-refractivity contribution in [3.8, 4) is 0 Å². The number of rotatable bonds is 2. The smallest absolute Gasteiger partial charge is 0.182 e. The minimum absolute atomic E-state index is 0.216. The topological polar surface area (TPSA) is 21.7 Å². The van der Waals surface area contributed by atoms with Crippen molar-refractivity contribution in [2.75, 3.05) is 37.3 Å². The van der Waals surface area contributed by atoms with Crippen molar-refractivity contribution >= 4 is 22.6 Å². The highest BCUT2D eigenvalue weighted by atomic mass is 127. The maximum Gasteiger partial charge on any atom is 0.182 e. The van der Waals surface area contributed by atoms with Crippen LogP contribution in [0.25, 0.3) is 0 Å². The minimum Gasteiger partial charge on any atom is -0.346 e. The number of ether oxygens (including phenoxy) is 2. The molecule has 0 N–H and O–H groups in total. The van der Waals surface area contributed by atoms with Gasteiger partial charge in [0.25, 0.3) is 0 Å². The molecule has 12 heavy (non-hydrogen) atoms. The van der Waals surface area contributed by atoms with Crippen LogP contribution in [-0.4, -0.2) is 48.0 Å². The van der Waals surface area contributed by atoms with Gasteiger partial charge in [-0.2, -0.15) is 0 Å². The van der Waals surface area contributed by atoms with Gasteiger partial charge in [0.1, 0.15) is 0 Å². The predicted molar refractivity (Wildman–Crippen MR) is 54.6 cm³/mol. The average molecular weight is 283 g/mol. The minimum atomic E-state index is -0.216. The van der Waals surface area contributed by atoms with Gasteiger partial charge in [0, 0.05) is 23.9 Å². The molecule has 0 radical (unpaired) electrons. The third kappa shape index (κ3) is 1.76. The second kappa shape index (κ2) is 3.77. The van der Waals surface area contributed by atoms with E-state index in [1.807, 2.05) is 0 Å². The van der Waals surface area contributed by atoms with Gasteiger partial charge in [0.05, 0.1) is 19.8 Å². The van der Waals surface area contributed by atoms with E-state index in [1.165, 1.54) is 4.43 Å². The highest BCUT2D eigenvalue weighted by Gasteiger charge is 2.42. The first-order valence-electron chi connectivity index (χ1n) is 4.41. The summed E-state index contributed by atoms with van der Waals surface area (Å²) in [5, 5.41) is 0. The molecule has 0 aromatic carbocycles. The van der Waals surface area contributed by atoms with Gasteiger partial charge in [-0.3, -0.25) is 4.90 Å². The zero-order chi connectivity index (χ0) is 8.44. The Hall–Kier alpha value is 0.610. The van der Waals surface area contributed by atoms with Crippen molar-refractivity contribution < 1.29 is 9.47 Å². The number of likely N-dealkylation sites (tertiary alicyclic amines) is 1. The fraction of sp³-hybridized carbons (Fsp3) is 1.00. The van der Waals surface area contributed by atoms with E-state index in [9.17, 15) is 0 Å². The summed E-state index contributed by atoms with van der Waals surface area (Å²) >= 11 is 2.41. The zero-order valence-electron chi connectivity index (χ0n) is 7.09. The number of alkyl halides is 1. The second-order valence-electron chi connectivity index (χ2n) is 3.32. The molecule has 2 aliphatic rings. The first kappa shape index (κ1) is 9.18. The predicted octanol–water partition coefficient (Wildman–Crippen LogP) is 0.870. The number of nitrogens with zero attached hydrogens (tertiary/aromatic N) is 1. The molecule has 2 heterocycles. The highest BCUT2D eigenvalue weighted by molar-refractivity contribution is 14.1. The molecule has 2 fully saturated rings. The van der Waals surface area contributed by atoms with Crippen LogP contribution in [0.3, 0.4) is 0 Å². The molecule has 3 nitrogen and oxygen atoms in total. The molecule has 0 aromatic rings. The van der Waals surface area contributed by atoms with Crippen LogP contribution in [0.5, 0.6) is 0 Å². The summed E-state index contributed by atoms with van der Waals surface area (Å²) in [5.74, 6) is -0.216. The molecule has 0 atom stereocenters. The normalized spacial score (nSPS) is 28.8. The van der Waals surface area contributed by atoms with Crippen LogP contribution in [0, 0.1) is 0 Å². The van der Waals surface area contributed by atoms with Crippen LogP contribution in [-0.2, 0) is 9.47 Å². The first-order valence-corrected chi connectivity index (χ1v) is 5.93. The van der Waals surface area contributed by atoms with Crippen LogP contribution >= 0.6 is 22.6 Å². The molecule has 1 spiro atoms. The first-order chi connectivity index (χ1) is 5.85. The molecule has 0 aliphatic carbocycles. The highest BCUT2D eigenvalue weighted by Crippen LogP contribution is 2.30. The molecule has 0 amide bonds. The van der Waals surface area contributed by atoms with E-state index in [4.69, 9.17) is 9.47 Å². The quantitative estimate of drug-likeness (QED) is 0.554. The summed E-state index contributed by atoms with van der Waals surface area (Å²) < 4.78 is 12.4. The van der Waals surface area contributed by atoms with Crippen LogP contribution in [0.15, 0.2) is 0 Å². The van der Waals surface area contributed by atoms with E-state index >= 15 is 0 Å². The second-order valence-corrected chi connectivity index (χ2v) is 4.40. The van der Waals surface area contributed by atoms with Gasteiger partial charge in [-0.15, -0.1) is 0 Å². The van der Waals surface area contributed by atoms with Crippen LogP contribution in [0.2, 0.25) is 0 Å². The maximum atomic E-state index is 5.61. The van der Waals surface area contributed by atoms with Gasteiger partial charge in [0.15, 0.2) is 5.79 Å². The molecule has 70 valence electrons. The molecular weight excluding hydrogens is 269 g/mol. The standard InChI is InChI=1S/C8H14INO2/c9-2-4-10-3-1-8(7-10)11-5-6-12-8/h1-7H2. The molecule has 0 saturated carbocycles. The molecular formula is C8H14INO2. The van der Waals surface area contributed by atoms with Gasteiger partial charge in [-0.05, 0) is 0 Å². The van der Waals surface area contributed by atoms with E-state index < -0.39 is 0 Å². The lowest BCUT2D eigenvalue weighted by Gasteiger charge is -2.21. The Morgan fingerprint density at radius 1 is 1.33 bits per heavy atom. The fourth-order valence-electron chi connectivity index (χ4n) is 1.87.